The van der Waals surface area contributed by atoms with E-state index in [1.807, 2.05) is 0 Å². The fourth-order valence-electron chi connectivity index (χ4n) is 3.64. The normalized spacial score (nSPS) is 18.1. The van der Waals surface area contributed by atoms with Gasteiger partial charge in [0.2, 0.25) is 0 Å². The van der Waals surface area contributed by atoms with E-state index in [4.69, 9.17) is 0 Å². The summed E-state index contributed by atoms with van der Waals surface area (Å²) in [4.78, 5) is 0. The third-order valence-electron chi connectivity index (χ3n) is 5.61. The van der Waals surface area contributed by atoms with Crippen LogP contribution in [0.5, 0.6) is 0 Å². The van der Waals surface area contributed by atoms with E-state index in [0.717, 1.165) is 81.9 Å². The van der Waals surface area contributed by atoms with Gasteiger partial charge < -0.3 is 10.6 Å². The molecule has 1 saturated carbocycles. The Labute approximate surface area is 163 Å². The van der Waals surface area contributed by atoms with E-state index in [-0.39, 0.29) is 10.7 Å². The predicted octanol–water partition coefficient (Wildman–Crippen LogP) is 4.58. The molecule has 0 radical (unpaired) electrons. The number of allylic oxidation sites excluding steroid dienone is 1. The molecule has 0 bridgehead atoms. The van der Waals surface area contributed by atoms with Gasteiger partial charge in [-0.25, -0.2) is 0 Å². The molecule has 4 heteroatoms. The lowest BCUT2D eigenvalue weighted by Gasteiger charge is -2.27. The lowest BCUT2D eigenvalue weighted by Crippen LogP contribution is -2.33. The van der Waals surface area contributed by atoms with Gasteiger partial charge in [0.05, 0.1) is 0 Å². The van der Waals surface area contributed by atoms with Crippen molar-refractivity contribution in [1.82, 2.24) is 10.6 Å². The van der Waals surface area contributed by atoms with Gasteiger partial charge in [0.25, 0.3) is 0 Å². The second kappa shape index (κ2) is 11.4. The van der Waals surface area contributed by atoms with Crippen molar-refractivity contribution in [3.8, 4) is 0 Å². The van der Waals surface area contributed by atoms with Gasteiger partial charge in [0.15, 0.2) is 0 Å². The summed E-state index contributed by atoms with van der Waals surface area (Å²) in [5.41, 5.74) is 1.15. The zero-order valence-corrected chi connectivity index (χ0v) is 18.7. The summed E-state index contributed by atoms with van der Waals surface area (Å²) in [5.74, 6) is 5.69. The van der Waals surface area contributed by atoms with Crippen LogP contribution in [-0.4, -0.2) is 40.7 Å². The fourth-order valence-corrected chi connectivity index (χ4v) is 6.61. The maximum atomic E-state index is 13.3. The molecule has 1 aliphatic rings. The zero-order chi connectivity index (χ0) is 19.6. The summed E-state index contributed by atoms with van der Waals surface area (Å²) in [5, 5.41) is 7.29. The number of hydrogen-bond donors (Lipinski definition) is 2. The van der Waals surface area contributed by atoms with Crippen molar-refractivity contribution >= 4 is 15.4 Å². The molecule has 0 aromatic heterocycles. The van der Waals surface area contributed by atoms with Crippen LogP contribution >= 0.6 is 0 Å². The van der Waals surface area contributed by atoms with Crippen LogP contribution in [0.1, 0.15) is 79.1 Å². The molecule has 1 aliphatic carbocycles. The molecular weight excluding hydrogens is 340 g/mol. The van der Waals surface area contributed by atoms with Crippen molar-refractivity contribution in [2.75, 3.05) is 25.4 Å². The summed E-state index contributed by atoms with van der Waals surface area (Å²) in [6.45, 7) is 16.3. The lowest BCUT2D eigenvalue weighted by atomic mass is 10.1. The Bertz CT molecular complexity index is 500. The van der Waals surface area contributed by atoms with Gasteiger partial charge in [-0.1, -0.05) is 47.1 Å². The minimum absolute atomic E-state index is 0.0453. The fraction of sp³-hybridized carbons (Fsp3) is 0.864. The Morgan fingerprint density at radius 1 is 1.08 bits per heavy atom. The van der Waals surface area contributed by atoms with Crippen LogP contribution in [0.4, 0.5) is 0 Å². The zero-order valence-electron chi connectivity index (χ0n) is 17.9. The standard InChI is InChI=1S/C22H44N2OS/c1-7-10-21(11-8-2)26(6,25)18-22(13-14-22)20(5)24-16-9-15-23-17-12-19(3)4/h19,21,23-24H,5-18H2,1-4H3. The predicted molar refractivity (Wildman–Crippen MR) is 119 cm³/mol. The smallest absolute Gasteiger partial charge is 0.0272 e. The lowest BCUT2D eigenvalue weighted by molar-refractivity contribution is 0.521. The van der Waals surface area contributed by atoms with Crippen molar-refractivity contribution in [2.24, 2.45) is 11.3 Å². The molecule has 0 amide bonds. The van der Waals surface area contributed by atoms with E-state index in [1.54, 1.807) is 0 Å². The van der Waals surface area contributed by atoms with Crippen molar-refractivity contribution in [3.63, 3.8) is 0 Å². The average Bonchev–Trinajstić information content (AvgIpc) is 3.33. The Morgan fingerprint density at radius 3 is 2.19 bits per heavy atom. The number of rotatable bonds is 16. The van der Waals surface area contributed by atoms with Crippen LogP contribution in [-0.2, 0) is 9.52 Å². The summed E-state index contributed by atoms with van der Waals surface area (Å²) in [6.07, 6.45) is 8.81. The largest absolute Gasteiger partial charge is 0.388 e. The van der Waals surface area contributed by atoms with Crippen molar-refractivity contribution in [1.29, 1.82) is 0 Å². The molecule has 2 N–H and O–H groups in total. The highest BCUT2D eigenvalue weighted by Gasteiger charge is 2.47. The second-order valence-corrected chi connectivity index (χ2v) is 11.4. The topological polar surface area (TPSA) is 41.1 Å². The molecule has 3 nitrogen and oxygen atoms in total. The van der Waals surface area contributed by atoms with E-state index in [9.17, 15) is 4.21 Å². The number of hydrogen-bond acceptors (Lipinski definition) is 3. The Balaban J connectivity index is 2.39. The summed E-state index contributed by atoms with van der Waals surface area (Å²) in [6, 6.07) is 0. The van der Waals surface area contributed by atoms with Crippen LogP contribution in [0.2, 0.25) is 0 Å². The van der Waals surface area contributed by atoms with E-state index in [1.165, 1.54) is 6.42 Å². The van der Waals surface area contributed by atoms with Gasteiger partial charge >= 0.3 is 0 Å². The summed E-state index contributed by atoms with van der Waals surface area (Å²) < 4.78 is 13.3. The minimum atomic E-state index is -2.05. The second-order valence-electron chi connectivity index (χ2n) is 8.68. The third-order valence-corrected chi connectivity index (χ3v) is 8.34. The first-order valence-electron chi connectivity index (χ1n) is 10.7. The van der Waals surface area contributed by atoms with Gasteiger partial charge in [-0.05, 0) is 72.9 Å². The van der Waals surface area contributed by atoms with Crippen molar-refractivity contribution in [2.45, 2.75) is 84.3 Å². The molecule has 26 heavy (non-hydrogen) atoms. The molecule has 1 atom stereocenters. The molecule has 1 fully saturated rings. The van der Waals surface area contributed by atoms with Crippen LogP contribution < -0.4 is 10.6 Å². The molecule has 0 aromatic rings. The van der Waals surface area contributed by atoms with Crippen LogP contribution in [0.3, 0.4) is 0 Å². The van der Waals surface area contributed by atoms with Gasteiger partial charge in [0.1, 0.15) is 0 Å². The minimum Gasteiger partial charge on any atom is -0.388 e. The first kappa shape index (κ1) is 23.6. The monoisotopic (exact) mass is 384 g/mol. The molecule has 154 valence electrons. The van der Waals surface area contributed by atoms with Crippen LogP contribution in [0.25, 0.3) is 0 Å². The third kappa shape index (κ3) is 8.04. The van der Waals surface area contributed by atoms with Gasteiger partial charge in [-0.2, -0.15) is 0 Å². The van der Waals surface area contributed by atoms with Crippen LogP contribution in [0, 0.1) is 11.3 Å². The molecule has 0 heterocycles. The quantitative estimate of drug-likeness (QED) is 0.302. The molecule has 1 unspecified atom stereocenters. The van der Waals surface area contributed by atoms with E-state index in [2.05, 4.69) is 50.8 Å². The van der Waals surface area contributed by atoms with E-state index in [0.29, 0.717) is 0 Å². The maximum absolute atomic E-state index is 13.3. The first-order valence-corrected chi connectivity index (χ1v) is 12.7. The summed E-state index contributed by atoms with van der Waals surface area (Å²) in [7, 11) is -2.05. The van der Waals surface area contributed by atoms with Crippen molar-refractivity contribution in [3.05, 3.63) is 12.3 Å². The Morgan fingerprint density at radius 2 is 1.69 bits per heavy atom. The SMILES string of the molecule is C=C(NCCCNCCC(C)C)C1(CS(=C)(=O)C(CCC)CCC)CC1. The maximum Gasteiger partial charge on any atom is 0.0272 e. The van der Waals surface area contributed by atoms with Gasteiger partial charge in [-0.3, -0.25) is 4.21 Å². The molecule has 1 rings (SSSR count). The number of nitrogens with one attached hydrogen (secondary N) is 2. The Hall–Kier alpha value is -0.480. The Kier molecular flexibility index (Phi) is 10.3. The van der Waals surface area contributed by atoms with Crippen LogP contribution in [0.15, 0.2) is 12.3 Å². The van der Waals surface area contributed by atoms with Gasteiger partial charge in [0, 0.05) is 28.7 Å². The molecular formula is C22H44N2OS. The summed E-state index contributed by atoms with van der Waals surface area (Å²) >= 11 is 0. The molecule has 0 saturated heterocycles. The van der Waals surface area contributed by atoms with Gasteiger partial charge in [-0.15, -0.1) is 0 Å². The van der Waals surface area contributed by atoms with Crippen molar-refractivity contribution < 1.29 is 4.21 Å². The molecule has 0 aromatic carbocycles. The highest BCUT2D eigenvalue weighted by atomic mass is 32.2. The highest BCUT2D eigenvalue weighted by Crippen LogP contribution is 2.52. The van der Waals surface area contributed by atoms with E-state index >= 15 is 0 Å². The molecule has 0 aliphatic heterocycles. The average molecular weight is 385 g/mol. The highest BCUT2D eigenvalue weighted by molar-refractivity contribution is 8.00. The van der Waals surface area contributed by atoms with E-state index < -0.39 is 9.52 Å². The first-order chi connectivity index (χ1) is 12.3. The molecule has 0 spiro atoms.